The van der Waals surface area contributed by atoms with E-state index in [1.165, 1.54) is 25.7 Å². The molecule has 2 aliphatic carbocycles. The molecular formula is C21H26N2O4. The van der Waals surface area contributed by atoms with Gasteiger partial charge in [0.15, 0.2) is 11.5 Å². The van der Waals surface area contributed by atoms with Crippen molar-refractivity contribution in [3.05, 3.63) is 23.8 Å². The highest BCUT2D eigenvalue weighted by Gasteiger charge is 2.40. The minimum absolute atomic E-state index is 0.00602. The monoisotopic (exact) mass is 370 g/mol. The van der Waals surface area contributed by atoms with Crippen LogP contribution in [0, 0.1) is 17.8 Å². The number of fused-ring (bicyclic) bond motifs is 3. The minimum Gasteiger partial charge on any atom is -0.454 e. The van der Waals surface area contributed by atoms with Crippen LogP contribution in [-0.4, -0.2) is 54.6 Å². The summed E-state index contributed by atoms with van der Waals surface area (Å²) >= 11 is 0. The van der Waals surface area contributed by atoms with Crippen LogP contribution < -0.4 is 9.47 Å². The van der Waals surface area contributed by atoms with Crippen molar-refractivity contribution in [2.24, 2.45) is 17.8 Å². The van der Waals surface area contributed by atoms with Crippen molar-refractivity contribution in [1.29, 1.82) is 0 Å². The molecule has 27 heavy (non-hydrogen) atoms. The summed E-state index contributed by atoms with van der Waals surface area (Å²) in [4.78, 5) is 29.3. The zero-order valence-corrected chi connectivity index (χ0v) is 15.6. The lowest BCUT2D eigenvalue weighted by atomic mass is 9.86. The van der Waals surface area contributed by atoms with Crippen molar-refractivity contribution in [3.63, 3.8) is 0 Å². The van der Waals surface area contributed by atoms with Gasteiger partial charge in [0.05, 0.1) is 0 Å². The van der Waals surface area contributed by atoms with E-state index in [0.29, 0.717) is 55.6 Å². The van der Waals surface area contributed by atoms with Crippen LogP contribution in [0.25, 0.3) is 0 Å². The molecule has 0 N–H and O–H groups in total. The van der Waals surface area contributed by atoms with Crippen molar-refractivity contribution < 1.29 is 19.1 Å². The average Bonchev–Trinajstić information content (AvgIpc) is 3.43. The van der Waals surface area contributed by atoms with Crippen molar-refractivity contribution in [2.45, 2.75) is 32.1 Å². The molecule has 0 aromatic heterocycles. The van der Waals surface area contributed by atoms with Crippen LogP contribution in [0.4, 0.5) is 0 Å². The maximum absolute atomic E-state index is 12.8. The third kappa shape index (κ3) is 3.15. The second kappa shape index (κ2) is 6.73. The van der Waals surface area contributed by atoms with Crippen LogP contribution in [0.3, 0.4) is 0 Å². The molecule has 2 saturated carbocycles. The van der Waals surface area contributed by atoms with Crippen LogP contribution in [0.5, 0.6) is 11.5 Å². The summed E-state index contributed by atoms with van der Waals surface area (Å²) in [7, 11) is 0. The number of carbonyl (C=O) groups excluding carboxylic acids is 2. The number of carbonyl (C=O) groups is 2. The highest BCUT2D eigenvalue weighted by molar-refractivity contribution is 5.95. The van der Waals surface area contributed by atoms with E-state index in [2.05, 4.69) is 0 Å². The predicted octanol–water partition coefficient (Wildman–Crippen LogP) is 2.53. The summed E-state index contributed by atoms with van der Waals surface area (Å²) in [5, 5.41) is 0. The summed E-state index contributed by atoms with van der Waals surface area (Å²) in [5.41, 5.74) is 0.612. The summed E-state index contributed by atoms with van der Waals surface area (Å²) in [6.45, 7) is 2.66. The number of ether oxygens (including phenoxy) is 2. The second-order valence-corrected chi connectivity index (χ2v) is 8.38. The Morgan fingerprint density at radius 3 is 2.48 bits per heavy atom. The maximum atomic E-state index is 12.8. The molecule has 2 amide bonds. The largest absolute Gasteiger partial charge is 0.454 e. The van der Waals surface area contributed by atoms with Gasteiger partial charge in [0.2, 0.25) is 12.7 Å². The van der Waals surface area contributed by atoms with Gasteiger partial charge in [-0.2, -0.15) is 0 Å². The Morgan fingerprint density at radius 2 is 1.74 bits per heavy atom. The average molecular weight is 370 g/mol. The molecule has 4 aliphatic rings. The molecule has 3 atom stereocenters. The first-order chi connectivity index (χ1) is 13.2. The zero-order chi connectivity index (χ0) is 18.4. The molecule has 0 unspecified atom stereocenters. The van der Waals surface area contributed by atoms with Gasteiger partial charge in [0, 0.05) is 38.2 Å². The first kappa shape index (κ1) is 16.9. The quantitative estimate of drug-likeness (QED) is 0.820. The Morgan fingerprint density at radius 1 is 0.963 bits per heavy atom. The molecule has 1 saturated heterocycles. The molecule has 0 radical (unpaired) electrons. The van der Waals surface area contributed by atoms with Gasteiger partial charge >= 0.3 is 0 Å². The highest BCUT2D eigenvalue weighted by atomic mass is 16.7. The van der Waals surface area contributed by atoms with E-state index in [0.717, 1.165) is 11.8 Å². The Balaban J connectivity index is 1.15. The van der Waals surface area contributed by atoms with E-state index >= 15 is 0 Å². The lowest BCUT2D eigenvalue weighted by Crippen LogP contribution is -2.51. The fourth-order valence-corrected chi connectivity index (χ4v) is 5.35. The van der Waals surface area contributed by atoms with Gasteiger partial charge in [0.1, 0.15) is 0 Å². The van der Waals surface area contributed by atoms with E-state index in [1.54, 1.807) is 18.2 Å². The van der Waals surface area contributed by atoms with E-state index in [4.69, 9.17) is 9.47 Å². The van der Waals surface area contributed by atoms with E-state index in [9.17, 15) is 9.59 Å². The molecule has 2 heterocycles. The molecule has 6 heteroatoms. The summed E-state index contributed by atoms with van der Waals surface area (Å²) in [6.07, 6.45) is 5.99. The Kier molecular flexibility index (Phi) is 4.21. The van der Waals surface area contributed by atoms with Crippen LogP contribution in [-0.2, 0) is 4.79 Å². The first-order valence-electron chi connectivity index (χ1n) is 10.1. The zero-order valence-electron chi connectivity index (χ0n) is 15.6. The fourth-order valence-electron chi connectivity index (χ4n) is 5.35. The summed E-state index contributed by atoms with van der Waals surface area (Å²) in [5.74, 6) is 3.85. The lowest BCUT2D eigenvalue weighted by Gasteiger charge is -2.36. The number of amides is 2. The van der Waals surface area contributed by atoms with Crippen LogP contribution >= 0.6 is 0 Å². The van der Waals surface area contributed by atoms with Crippen molar-refractivity contribution in [3.8, 4) is 11.5 Å². The Labute approximate surface area is 159 Å². The topological polar surface area (TPSA) is 59.1 Å². The Bertz CT molecular complexity index is 757. The number of nitrogens with zero attached hydrogens (tertiary/aromatic N) is 2. The number of piperazine rings is 1. The smallest absolute Gasteiger partial charge is 0.254 e. The number of hydrogen-bond acceptors (Lipinski definition) is 4. The Hall–Kier alpha value is -2.24. The normalized spacial score (nSPS) is 28.7. The molecule has 1 aromatic carbocycles. The maximum Gasteiger partial charge on any atom is 0.254 e. The third-order valence-corrected chi connectivity index (χ3v) is 6.86. The van der Waals surface area contributed by atoms with Gasteiger partial charge in [0.25, 0.3) is 5.91 Å². The second-order valence-electron chi connectivity index (χ2n) is 8.38. The molecule has 3 fully saturated rings. The molecule has 0 spiro atoms. The van der Waals surface area contributed by atoms with Crippen molar-refractivity contribution >= 4 is 11.8 Å². The van der Waals surface area contributed by atoms with Crippen molar-refractivity contribution in [2.75, 3.05) is 33.0 Å². The van der Waals surface area contributed by atoms with Crippen LogP contribution in [0.1, 0.15) is 42.5 Å². The summed E-state index contributed by atoms with van der Waals surface area (Å²) in [6, 6.07) is 5.31. The molecular weight excluding hydrogens is 344 g/mol. The van der Waals surface area contributed by atoms with Gasteiger partial charge in [-0.25, -0.2) is 0 Å². The van der Waals surface area contributed by atoms with Gasteiger partial charge in [-0.15, -0.1) is 0 Å². The molecule has 1 aromatic rings. The molecule has 6 nitrogen and oxygen atoms in total. The molecule has 144 valence electrons. The summed E-state index contributed by atoms with van der Waals surface area (Å²) < 4.78 is 10.7. The minimum atomic E-state index is -0.00602. The predicted molar refractivity (Wildman–Crippen MR) is 98.6 cm³/mol. The van der Waals surface area contributed by atoms with Gasteiger partial charge in [-0.1, -0.05) is 6.42 Å². The van der Waals surface area contributed by atoms with Gasteiger partial charge < -0.3 is 19.3 Å². The SMILES string of the molecule is O=C(C[C@H]1C[C@H]2CC[C@H]1C2)N1CCN(C(=O)c2ccc3c(c2)OCO3)CC1. The van der Waals surface area contributed by atoms with Gasteiger partial charge in [-0.3, -0.25) is 9.59 Å². The molecule has 2 bridgehead atoms. The van der Waals surface area contributed by atoms with E-state index in [1.807, 2.05) is 9.80 Å². The van der Waals surface area contributed by atoms with E-state index < -0.39 is 0 Å². The highest BCUT2D eigenvalue weighted by Crippen LogP contribution is 2.49. The fraction of sp³-hybridized carbons (Fsp3) is 0.619. The molecule has 2 aliphatic heterocycles. The van der Waals surface area contributed by atoms with Crippen LogP contribution in [0.15, 0.2) is 18.2 Å². The molecule has 5 rings (SSSR count). The number of rotatable bonds is 3. The van der Waals surface area contributed by atoms with Crippen LogP contribution in [0.2, 0.25) is 0 Å². The lowest BCUT2D eigenvalue weighted by molar-refractivity contribution is -0.134. The van der Waals surface area contributed by atoms with Gasteiger partial charge in [-0.05, 0) is 55.2 Å². The number of benzene rings is 1. The first-order valence-corrected chi connectivity index (χ1v) is 10.1. The third-order valence-electron chi connectivity index (χ3n) is 6.86. The standard InChI is InChI=1S/C21H26N2O4/c24-20(12-17-10-14-1-2-15(17)9-14)22-5-7-23(8-6-22)21(25)16-3-4-18-19(11-16)27-13-26-18/h3-4,11,14-15,17H,1-2,5-10,12-13H2/t14-,15-,17+/m0/s1. The van der Waals surface area contributed by atoms with E-state index in [-0.39, 0.29) is 18.6 Å². The van der Waals surface area contributed by atoms with Crippen molar-refractivity contribution in [1.82, 2.24) is 9.80 Å². The number of hydrogen-bond donors (Lipinski definition) is 0.